The van der Waals surface area contributed by atoms with Gasteiger partial charge in [0.05, 0.1) is 0 Å². The number of carboxylic acid groups (broad SMARTS) is 1. The third-order valence-corrected chi connectivity index (χ3v) is 2.81. The normalized spacial score (nSPS) is 9.32. The largest absolute Gasteiger partial charge is 0.481 e. The highest BCUT2D eigenvalue weighted by atomic mass is 16.4. The van der Waals surface area contributed by atoms with Gasteiger partial charge in [-0.2, -0.15) is 0 Å². The van der Waals surface area contributed by atoms with Crippen molar-refractivity contribution < 1.29 is 9.90 Å². The molecule has 0 saturated carbocycles. The Hall–Kier alpha value is -1.05. The molecular formula is C17H32O2. The van der Waals surface area contributed by atoms with Crippen molar-refractivity contribution in [1.29, 1.82) is 0 Å². The molecule has 0 atom stereocenters. The van der Waals surface area contributed by atoms with Gasteiger partial charge in [-0.15, -0.1) is 13.2 Å². The molecule has 0 spiro atoms. The van der Waals surface area contributed by atoms with Gasteiger partial charge >= 0.3 is 5.97 Å². The summed E-state index contributed by atoms with van der Waals surface area (Å²) in [7, 11) is 0. The molecule has 0 aliphatic rings. The van der Waals surface area contributed by atoms with Gasteiger partial charge in [0.2, 0.25) is 0 Å². The lowest BCUT2D eigenvalue weighted by Gasteiger charge is -1.98. The van der Waals surface area contributed by atoms with Crippen molar-refractivity contribution in [2.75, 3.05) is 0 Å². The van der Waals surface area contributed by atoms with Crippen molar-refractivity contribution in [3.8, 4) is 0 Å². The number of hydrogen-bond donors (Lipinski definition) is 1. The van der Waals surface area contributed by atoms with E-state index in [9.17, 15) is 4.79 Å². The molecule has 0 aromatic rings. The number of unbranched alkanes of at least 4 members (excludes halogenated alkanes) is 8. The topological polar surface area (TPSA) is 37.3 Å². The van der Waals surface area contributed by atoms with Gasteiger partial charge in [0.15, 0.2) is 0 Å². The van der Waals surface area contributed by atoms with Crippen LogP contribution in [0.5, 0.6) is 0 Å². The van der Waals surface area contributed by atoms with E-state index in [1.165, 1.54) is 44.9 Å². The summed E-state index contributed by atoms with van der Waals surface area (Å²) in [6, 6.07) is 0. The molecule has 0 aliphatic heterocycles. The summed E-state index contributed by atoms with van der Waals surface area (Å²) in [5.41, 5.74) is 0. The average Bonchev–Trinajstić information content (AvgIpc) is 2.40. The Labute approximate surface area is 119 Å². The first-order valence-electron chi connectivity index (χ1n) is 7.62. The van der Waals surface area contributed by atoms with Crippen LogP contribution in [0.25, 0.3) is 0 Å². The minimum Gasteiger partial charge on any atom is -0.481 e. The molecule has 0 amide bonds. The standard InChI is InChI=1S/C11H20O2.C6H12/c1-2-3-4-5-6-7-8-9-10-11(12)13;1-3-5-6-4-2/h2H,1,3-10H2,(H,12,13);3H,1,4-6H2,2H3. The average molecular weight is 268 g/mol. The van der Waals surface area contributed by atoms with E-state index >= 15 is 0 Å². The predicted octanol–water partition coefficient (Wildman–Crippen LogP) is 5.74. The Kier molecular flexibility index (Phi) is 20.6. The van der Waals surface area contributed by atoms with E-state index in [2.05, 4.69) is 20.1 Å². The van der Waals surface area contributed by atoms with Gasteiger partial charge in [0, 0.05) is 6.42 Å². The van der Waals surface area contributed by atoms with Gasteiger partial charge in [-0.25, -0.2) is 0 Å². The van der Waals surface area contributed by atoms with Crippen LogP contribution in [0.2, 0.25) is 0 Å². The van der Waals surface area contributed by atoms with E-state index in [1.54, 1.807) is 0 Å². The fraction of sp³-hybridized carbons (Fsp3) is 0.706. The molecule has 19 heavy (non-hydrogen) atoms. The Balaban J connectivity index is 0. The monoisotopic (exact) mass is 268 g/mol. The van der Waals surface area contributed by atoms with Gasteiger partial charge in [0.25, 0.3) is 0 Å². The van der Waals surface area contributed by atoms with Gasteiger partial charge in [0.1, 0.15) is 0 Å². The van der Waals surface area contributed by atoms with Crippen LogP contribution in [-0.2, 0) is 4.79 Å². The van der Waals surface area contributed by atoms with E-state index in [1.807, 2.05) is 12.2 Å². The van der Waals surface area contributed by atoms with Crippen LogP contribution in [0, 0.1) is 0 Å². The summed E-state index contributed by atoms with van der Waals surface area (Å²) in [6.45, 7) is 9.44. The van der Waals surface area contributed by atoms with Crippen LogP contribution in [0.1, 0.15) is 77.6 Å². The van der Waals surface area contributed by atoms with Gasteiger partial charge in [-0.3, -0.25) is 4.79 Å². The fourth-order valence-corrected chi connectivity index (χ4v) is 1.62. The zero-order chi connectivity index (χ0) is 14.8. The quantitative estimate of drug-likeness (QED) is 0.362. The number of hydrogen-bond acceptors (Lipinski definition) is 1. The summed E-state index contributed by atoms with van der Waals surface area (Å²) >= 11 is 0. The van der Waals surface area contributed by atoms with Crippen LogP contribution in [0.15, 0.2) is 25.3 Å². The number of carbonyl (C=O) groups is 1. The Morgan fingerprint density at radius 3 is 1.79 bits per heavy atom. The highest BCUT2D eigenvalue weighted by Gasteiger charge is 1.95. The van der Waals surface area contributed by atoms with E-state index in [-0.39, 0.29) is 0 Å². The molecule has 0 radical (unpaired) electrons. The van der Waals surface area contributed by atoms with Crippen molar-refractivity contribution in [2.45, 2.75) is 77.6 Å². The maximum atomic E-state index is 10.2. The van der Waals surface area contributed by atoms with Gasteiger partial charge in [-0.05, 0) is 25.7 Å². The van der Waals surface area contributed by atoms with E-state index in [0.717, 1.165) is 19.3 Å². The van der Waals surface area contributed by atoms with Crippen molar-refractivity contribution in [3.63, 3.8) is 0 Å². The first kappa shape index (κ1) is 20.3. The molecule has 0 rings (SSSR count). The Morgan fingerprint density at radius 1 is 0.895 bits per heavy atom. The highest BCUT2D eigenvalue weighted by molar-refractivity contribution is 5.66. The predicted molar refractivity (Wildman–Crippen MR) is 84.5 cm³/mol. The second-order valence-electron chi connectivity index (χ2n) is 4.77. The zero-order valence-electron chi connectivity index (χ0n) is 12.7. The van der Waals surface area contributed by atoms with Crippen molar-refractivity contribution in [3.05, 3.63) is 25.3 Å². The molecule has 0 fully saturated rings. The maximum Gasteiger partial charge on any atom is 0.303 e. The lowest BCUT2D eigenvalue weighted by Crippen LogP contribution is -1.93. The lowest BCUT2D eigenvalue weighted by molar-refractivity contribution is -0.137. The summed E-state index contributed by atoms with van der Waals surface area (Å²) in [4.78, 5) is 10.2. The molecule has 1 N–H and O–H groups in total. The Morgan fingerprint density at radius 2 is 1.37 bits per heavy atom. The van der Waals surface area contributed by atoms with Crippen molar-refractivity contribution in [1.82, 2.24) is 0 Å². The number of aliphatic carboxylic acids is 1. The number of carboxylic acids is 1. The minimum absolute atomic E-state index is 0.326. The molecule has 0 heterocycles. The SMILES string of the molecule is C=CCCCC.C=CCCCCCCCCC(=O)O. The number of rotatable bonds is 12. The van der Waals surface area contributed by atoms with Crippen LogP contribution in [0.3, 0.4) is 0 Å². The molecule has 0 aromatic heterocycles. The molecular weight excluding hydrogens is 236 g/mol. The smallest absolute Gasteiger partial charge is 0.303 e. The third-order valence-electron chi connectivity index (χ3n) is 2.81. The van der Waals surface area contributed by atoms with E-state index in [4.69, 9.17) is 5.11 Å². The molecule has 0 unspecified atom stereocenters. The maximum absolute atomic E-state index is 10.2. The van der Waals surface area contributed by atoms with Gasteiger partial charge in [-0.1, -0.05) is 57.6 Å². The summed E-state index contributed by atoms with van der Waals surface area (Å²) in [5.74, 6) is -0.674. The second kappa shape index (κ2) is 19.3. The highest BCUT2D eigenvalue weighted by Crippen LogP contribution is 2.08. The van der Waals surface area contributed by atoms with Crippen LogP contribution in [-0.4, -0.2) is 11.1 Å². The summed E-state index contributed by atoms with van der Waals surface area (Å²) in [6.07, 6.45) is 15.9. The molecule has 0 aromatic carbocycles. The molecule has 0 bridgehead atoms. The molecule has 2 heteroatoms. The Bertz CT molecular complexity index is 209. The van der Waals surface area contributed by atoms with E-state index < -0.39 is 5.97 Å². The first-order valence-corrected chi connectivity index (χ1v) is 7.62. The zero-order valence-corrected chi connectivity index (χ0v) is 12.7. The molecule has 0 aliphatic carbocycles. The van der Waals surface area contributed by atoms with Crippen molar-refractivity contribution >= 4 is 5.97 Å². The first-order chi connectivity index (χ1) is 9.18. The van der Waals surface area contributed by atoms with Crippen LogP contribution in [0.4, 0.5) is 0 Å². The van der Waals surface area contributed by atoms with Crippen LogP contribution < -0.4 is 0 Å². The van der Waals surface area contributed by atoms with Crippen molar-refractivity contribution in [2.24, 2.45) is 0 Å². The lowest BCUT2D eigenvalue weighted by atomic mass is 10.1. The molecule has 112 valence electrons. The summed E-state index contributed by atoms with van der Waals surface area (Å²) < 4.78 is 0. The summed E-state index contributed by atoms with van der Waals surface area (Å²) in [5, 5.41) is 8.38. The molecule has 2 nitrogen and oxygen atoms in total. The molecule has 0 saturated heterocycles. The van der Waals surface area contributed by atoms with E-state index in [0.29, 0.717) is 6.42 Å². The second-order valence-corrected chi connectivity index (χ2v) is 4.77. The van der Waals surface area contributed by atoms with Crippen LogP contribution >= 0.6 is 0 Å². The third kappa shape index (κ3) is 26.5. The minimum atomic E-state index is -0.674. The van der Waals surface area contributed by atoms with Gasteiger partial charge < -0.3 is 5.11 Å². The number of allylic oxidation sites excluding steroid dienone is 2. The fourth-order valence-electron chi connectivity index (χ4n) is 1.62.